The van der Waals surface area contributed by atoms with Gasteiger partial charge in [0.05, 0.1) is 18.6 Å². The summed E-state index contributed by atoms with van der Waals surface area (Å²) in [5.74, 6) is 0.126. The molecule has 0 radical (unpaired) electrons. The highest BCUT2D eigenvalue weighted by Crippen LogP contribution is 2.62. The van der Waals surface area contributed by atoms with Gasteiger partial charge in [-0.25, -0.2) is 0 Å². The van der Waals surface area contributed by atoms with Gasteiger partial charge in [0.1, 0.15) is 0 Å². The lowest BCUT2D eigenvalue weighted by Crippen LogP contribution is -2.48. The molecular weight excluding hydrogens is 278 g/mol. The van der Waals surface area contributed by atoms with Gasteiger partial charge in [-0.05, 0) is 81.7 Å². The van der Waals surface area contributed by atoms with Gasteiger partial charge in [-0.3, -0.25) is 4.79 Å². The predicted molar refractivity (Wildman–Crippen MR) is 85.4 cm³/mol. The van der Waals surface area contributed by atoms with Gasteiger partial charge in [-0.15, -0.1) is 0 Å². The van der Waals surface area contributed by atoms with Crippen LogP contribution in [0.1, 0.15) is 64.7 Å². The van der Waals surface area contributed by atoms with Gasteiger partial charge in [0, 0.05) is 0 Å². The second-order valence-electron chi connectivity index (χ2n) is 8.34. The predicted octanol–water partition coefficient (Wildman–Crippen LogP) is 2.64. The molecule has 3 fully saturated rings. The fourth-order valence-corrected chi connectivity index (χ4v) is 5.08. The number of aliphatic hydroxyl groups is 1. The largest absolute Gasteiger partial charge is 0.465 e. The van der Waals surface area contributed by atoms with Crippen molar-refractivity contribution in [2.45, 2.75) is 70.8 Å². The number of esters is 1. The Bertz CT molecular complexity index is 387. The number of carbonyl (C=O) groups is 1. The maximum atomic E-state index is 12.0. The fraction of sp³-hybridized carbons (Fsp3) is 0.944. The average Bonchev–Trinajstić information content (AvgIpc) is 2.49. The molecule has 2 saturated carbocycles. The lowest BCUT2D eigenvalue weighted by molar-refractivity contribution is -0.152. The molecule has 0 unspecified atom stereocenters. The molecule has 126 valence electrons. The Morgan fingerprint density at radius 3 is 2.45 bits per heavy atom. The third-order valence-corrected chi connectivity index (χ3v) is 6.24. The van der Waals surface area contributed by atoms with Gasteiger partial charge < -0.3 is 15.2 Å². The number of aliphatic hydroxyl groups excluding tert-OH is 1. The highest BCUT2D eigenvalue weighted by atomic mass is 16.5. The van der Waals surface area contributed by atoms with Crippen molar-refractivity contribution in [3.05, 3.63) is 0 Å². The van der Waals surface area contributed by atoms with Crippen LogP contribution in [0.3, 0.4) is 0 Å². The van der Waals surface area contributed by atoms with Gasteiger partial charge in [0.25, 0.3) is 0 Å². The van der Waals surface area contributed by atoms with Gasteiger partial charge >= 0.3 is 5.97 Å². The van der Waals surface area contributed by atoms with E-state index in [0.717, 1.165) is 45.2 Å². The van der Waals surface area contributed by atoms with E-state index in [4.69, 9.17) is 4.74 Å². The number of carbonyl (C=O) groups excluding carboxylic acids is 1. The van der Waals surface area contributed by atoms with E-state index in [1.165, 1.54) is 25.7 Å². The molecule has 0 aromatic heterocycles. The van der Waals surface area contributed by atoms with E-state index >= 15 is 0 Å². The topological polar surface area (TPSA) is 58.6 Å². The second kappa shape index (κ2) is 6.48. The van der Waals surface area contributed by atoms with Crippen LogP contribution in [0.4, 0.5) is 0 Å². The Morgan fingerprint density at radius 1 is 1.18 bits per heavy atom. The Kier molecular flexibility index (Phi) is 4.79. The van der Waals surface area contributed by atoms with Crippen LogP contribution in [0.25, 0.3) is 0 Å². The lowest BCUT2D eigenvalue weighted by Gasteiger charge is -2.57. The summed E-state index contributed by atoms with van der Waals surface area (Å²) in [5, 5.41) is 12.9. The average molecular weight is 309 g/mol. The first-order valence-electron chi connectivity index (χ1n) is 9.06. The summed E-state index contributed by atoms with van der Waals surface area (Å²) in [7, 11) is 0. The Balaban J connectivity index is 1.36. The third kappa shape index (κ3) is 3.65. The molecule has 4 heteroatoms. The molecule has 4 nitrogen and oxygen atoms in total. The first-order chi connectivity index (χ1) is 10.5. The van der Waals surface area contributed by atoms with Crippen molar-refractivity contribution < 1.29 is 14.6 Å². The van der Waals surface area contributed by atoms with Crippen LogP contribution < -0.4 is 5.32 Å². The summed E-state index contributed by atoms with van der Waals surface area (Å²) in [6.07, 6.45) is 9.56. The van der Waals surface area contributed by atoms with Crippen LogP contribution >= 0.6 is 0 Å². The molecule has 2 aliphatic carbocycles. The summed E-state index contributed by atoms with van der Waals surface area (Å²) >= 11 is 0. The van der Waals surface area contributed by atoms with Crippen molar-refractivity contribution in [3.63, 3.8) is 0 Å². The lowest BCUT2D eigenvalue weighted by atomic mass is 9.48. The van der Waals surface area contributed by atoms with Crippen molar-refractivity contribution in [2.24, 2.45) is 16.7 Å². The zero-order valence-corrected chi connectivity index (χ0v) is 13.9. The first-order valence-corrected chi connectivity index (χ1v) is 9.06. The van der Waals surface area contributed by atoms with E-state index in [2.05, 4.69) is 12.2 Å². The summed E-state index contributed by atoms with van der Waals surface area (Å²) in [5.41, 5.74) is 0.837. The highest BCUT2D eigenvalue weighted by molar-refractivity contribution is 5.72. The molecule has 1 heterocycles. The number of rotatable bonds is 4. The number of nitrogens with one attached hydrogen (secondary N) is 1. The van der Waals surface area contributed by atoms with Crippen LogP contribution in [0.15, 0.2) is 0 Å². The van der Waals surface area contributed by atoms with Crippen molar-refractivity contribution in [1.82, 2.24) is 5.32 Å². The summed E-state index contributed by atoms with van der Waals surface area (Å²) in [4.78, 5) is 12.0. The van der Waals surface area contributed by atoms with Crippen LogP contribution in [0, 0.1) is 16.7 Å². The minimum atomic E-state index is -0.0663. The van der Waals surface area contributed by atoms with Gasteiger partial charge in [-0.2, -0.15) is 0 Å². The van der Waals surface area contributed by atoms with E-state index in [0.29, 0.717) is 17.4 Å². The smallest absolute Gasteiger partial charge is 0.309 e. The van der Waals surface area contributed by atoms with E-state index < -0.39 is 0 Å². The monoisotopic (exact) mass is 309 g/mol. The number of hydrogen-bond donors (Lipinski definition) is 2. The van der Waals surface area contributed by atoms with Crippen LogP contribution in [-0.4, -0.2) is 36.9 Å². The van der Waals surface area contributed by atoms with Crippen LogP contribution in [0.2, 0.25) is 0 Å². The number of ether oxygens (including phenoxy) is 1. The molecule has 0 aromatic carbocycles. The number of piperidine rings is 1. The van der Waals surface area contributed by atoms with E-state index in [1.54, 1.807) is 0 Å². The maximum Gasteiger partial charge on any atom is 0.309 e. The SMILES string of the molecule is CC1(CCOC(=O)C2CCNCC2)CC2(CCC(O)CC2)C1. The Labute approximate surface area is 134 Å². The molecule has 3 aliphatic rings. The molecule has 0 atom stereocenters. The van der Waals surface area contributed by atoms with Gasteiger partial charge in [0.15, 0.2) is 0 Å². The van der Waals surface area contributed by atoms with E-state index in [1.807, 2.05) is 0 Å². The van der Waals surface area contributed by atoms with E-state index in [9.17, 15) is 9.90 Å². The molecule has 1 aliphatic heterocycles. The van der Waals surface area contributed by atoms with Crippen molar-refractivity contribution in [1.29, 1.82) is 0 Å². The Hall–Kier alpha value is -0.610. The zero-order chi connectivity index (χ0) is 15.6. The summed E-state index contributed by atoms with van der Waals surface area (Å²) in [6.45, 7) is 4.79. The van der Waals surface area contributed by atoms with Crippen molar-refractivity contribution in [2.75, 3.05) is 19.7 Å². The van der Waals surface area contributed by atoms with Crippen LogP contribution in [0.5, 0.6) is 0 Å². The maximum absolute atomic E-state index is 12.0. The molecule has 22 heavy (non-hydrogen) atoms. The van der Waals surface area contributed by atoms with Crippen molar-refractivity contribution >= 4 is 5.97 Å². The van der Waals surface area contributed by atoms with E-state index in [-0.39, 0.29) is 18.0 Å². The van der Waals surface area contributed by atoms with Crippen LogP contribution in [-0.2, 0) is 9.53 Å². The minimum absolute atomic E-state index is 0.0138. The molecule has 3 rings (SSSR count). The summed E-state index contributed by atoms with van der Waals surface area (Å²) < 4.78 is 5.54. The highest BCUT2D eigenvalue weighted by Gasteiger charge is 2.52. The molecule has 0 bridgehead atoms. The third-order valence-electron chi connectivity index (χ3n) is 6.24. The van der Waals surface area contributed by atoms with Gasteiger partial charge in [-0.1, -0.05) is 6.92 Å². The molecule has 0 amide bonds. The summed E-state index contributed by atoms with van der Waals surface area (Å²) in [6, 6.07) is 0. The molecule has 0 aromatic rings. The molecule has 2 N–H and O–H groups in total. The first kappa shape index (κ1) is 16.3. The minimum Gasteiger partial charge on any atom is -0.465 e. The molecular formula is C18H31NO3. The Morgan fingerprint density at radius 2 is 1.82 bits per heavy atom. The van der Waals surface area contributed by atoms with Gasteiger partial charge in [0.2, 0.25) is 0 Å². The number of hydrogen-bond acceptors (Lipinski definition) is 4. The normalized spacial score (nSPS) is 39.5. The fourth-order valence-electron chi connectivity index (χ4n) is 5.08. The van der Waals surface area contributed by atoms with Crippen molar-refractivity contribution in [3.8, 4) is 0 Å². The quantitative estimate of drug-likeness (QED) is 0.784. The standard InChI is InChI=1S/C18H31NO3/c1-17(12-18(13-17)6-2-15(20)3-7-18)8-11-22-16(21)14-4-9-19-10-5-14/h14-15,19-20H,2-13H2,1H3. The second-order valence-corrected chi connectivity index (χ2v) is 8.34. The molecule has 1 spiro atoms. The zero-order valence-electron chi connectivity index (χ0n) is 13.9. The molecule has 1 saturated heterocycles.